The fourth-order valence-electron chi connectivity index (χ4n) is 1.08. The molecular formula is C9H9F4NO. The SMILES string of the molecule is N[C@H](c1cc(F)ccc1F)C(F)(F)CO. The molecule has 1 aromatic carbocycles. The van der Waals surface area contributed by atoms with Crippen LogP contribution in [0.25, 0.3) is 0 Å². The van der Waals surface area contributed by atoms with Crippen LogP contribution in [0.5, 0.6) is 0 Å². The minimum atomic E-state index is -3.69. The second kappa shape index (κ2) is 4.16. The number of hydrogen-bond acceptors (Lipinski definition) is 2. The maximum absolute atomic E-state index is 13.0. The van der Waals surface area contributed by atoms with Crippen LogP contribution in [0, 0.1) is 11.6 Å². The number of nitrogens with two attached hydrogens (primary N) is 1. The van der Waals surface area contributed by atoms with Crippen LogP contribution < -0.4 is 5.73 Å². The molecule has 0 aromatic heterocycles. The van der Waals surface area contributed by atoms with E-state index in [4.69, 9.17) is 10.8 Å². The van der Waals surface area contributed by atoms with Crippen LogP contribution >= 0.6 is 0 Å². The van der Waals surface area contributed by atoms with E-state index in [1.807, 2.05) is 0 Å². The van der Waals surface area contributed by atoms with Gasteiger partial charge in [0.2, 0.25) is 0 Å². The molecule has 0 saturated heterocycles. The van der Waals surface area contributed by atoms with Crippen molar-refractivity contribution >= 4 is 0 Å². The lowest BCUT2D eigenvalue weighted by Crippen LogP contribution is -2.36. The first-order chi connectivity index (χ1) is 6.88. The fourth-order valence-corrected chi connectivity index (χ4v) is 1.08. The molecule has 1 aromatic rings. The predicted octanol–water partition coefficient (Wildman–Crippen LogP) is 1.59. The minimum absolute atomic E-state index is 0.587. The molecule has 15 heavy (non-hydrogen) atoms. The third-order valence-corrected chi connectivity index (χ3v) is 1.96. The summed E-state index contributed by atoms with van der Waals surface area (Å²) in [5, 5.41) is 8.34. The van der Waals surface area contributed by atoms with Crippen molar-refractivity contribution in [3.8, 4) is 0 Å². The molecule has 0 aliphatic carbocycles. The lowest BCUT2D eigenvalue weighted by atomic mass is 10.0. The van der Waals surface area contributed by atoms with E-state index in [-0.39, 0.29) is 0 Å². The summed E-state index contributed by atoms with van der Waals surface area (Å²) in [5.41, 5.74) is 4.38. The van der Waals surface area contributed by atoms with E-state index in [0.29, 0.717) is 12.1 Å². The van der Waals surface area contributed by atoms with Crippen molar-refractivity contribution in [1.82, 2.24) is 0 Å². The van der Waals surface area contributed by atoms with E-state index in [1.54, 1.807) is 0 Å². The number of alkyl halides is 2. The first-order valence-corrected chi connectivity index (χ1v) is 4.07. The van der Waals surface area contributed by atoms with Crippen molar-refractivity contribution in [2.45, 2.75) is 12.0 Å². The minimum Gasteiger partial charge on any atom is -0.390 e. The zero-order valence-electron chi connectivity index (χ0n) is 7.55. The van der Waals surface area contributed by atoms with E-state index >= 15 is 0 Å². The molecule has 0 aliphatic rings. The summed E-state index contributed by atoms with van der Waals surface area (Å²) in [6, 6.07) is 0.0164. The number of rotatable bonds is 3. The first kappa shape index (κ1) is 11.9. The smallest absolute Gasteiger partial charge is 0.289 e. The molecule has 0 fully saturated rings. The van der Waals surface area contributed by atoms with Crippen LogP contribution in [0.3, 0.4) is 0 Å². The van der Waals surface area contributed by atoms with Gasteiger partial charge in [0.25, 0.3) is 5.92 Å². The Kier molecular flexibility index (Phi) is 3.31. The highest BCUT2D eigenvalue weighted by molar-refractivity contribution is 5.23. The number of hydrogen-bond donors (Lipinski definition) is 2. The zero-order chi connectivity index (χ0) is 11.6. The van der Waals surface area contributed by atoms with Crippen LogP contribution in [0.15, 0.2) is 18.2 Å². The van der Waals surface area contributed by atoms with Gasteiger partial charge in [0, 0.05) is 5.56 Å². The summed E-state index contributed by atoms with van der Waals surface area (Å²) in [4.78, 5) is 0. The monoisotopic (exact) mass is 223 g/mol. The van der Waals surface area contributed by atoms with Gasteiger partial charge in [0.05, 0.1) is 6.04 Å². The summed E-state index contributed by atoms with van der Waals surface area (Å²) >= 11 is 0. The van der Waals surface area contributed by atoms with Gasteiger partial charge >= 0.3 is 0 Å². The molecule has 0 radical (unpaired) electrons. The Bertz CT molecular complexity index is 356. The first-order valence-electron chi connectivity index (χ1n) is 4.07. The lowest BCUT2D eigenvalue weighted by molar-refractivity contribution is -0.0719. The summed E-state index contributed by atoms with van der Waals surface area (Å²) in [6.07, 6.45) is 0. The number of aliphatic hydroxyl groups excluding tert-OH is 1. The van der Waals surface area contributed by atoms with E-state index < -0.39 is 35.8 Å². The van der Waals surface area contributed by atoms with Gasteiger partial charge in [-0.15, -0.1) is 0 Å². The van der Waals surface area contributed by atoms with Crippen molar-refractivity contribution in [2.24, 2.45) is 5.73 Å². The molecule has 3 N–H and O–H groups in total. The molecule has 2 nitrogen and oxygen atoms in total. The molecule has 0 unspecified atom stereocenters. The topological polar surface area (TPSA) is 46.2 Å². The normalized spacial score (nSPS) is 14.0. The highest BCUT2D eigenvalue weighted by Gasteiger charge is 2.38. The van der Waals surface area contributed by atoms with E-state index in [9.17, 15) is 17.6 Å². The highest BCUT2D eigenvalue weighted by atomic mass is 19.3. The zero-order valence-corrected chi connectivity index (χ0v) is 7.55. The van der Waals surface area contributed by atoms with Gasteiger partial charge in [-0.25, -0.2) is 17.6 Å². The second-order valence-corrected chi connectivity index (χ2v) is 3.06. The van der Waals surface area contributed by atoms with Crippen molar-refractivity contribution < 1.29 is 22.7 Å². The number of aliphatic hydroxyl groups is 1. The molecule has 0 aliphatic heterocycles. The molecule has 0 saturated carbocycles. The summed E-state index contributed by atoms with van der Waals surface area (Å²) in [7, 11) is 0. The Hall–Kier alpha value is -1.14. The van der Waals surface area contributed by atoms with Gasteiger partial charge in [0.15, 0.2) is 0 Å². The van der Waals surface area contributed by atoms with Crippen LogP contribution in [-0.2, 0) is 0 Å². The van der Waals surface area contributed by atoms with Crippen LogP contribution in [0.2, 0.25) is 0 Å². The third kappa shape index (κ3) is 2.45. The van der Waals surface area contributed by atoms with E-state index in [2.05, 4.69) is 0 Å². The predicted molar refractivity (Wildman–Crippen MR) is 45.3 cm³/mol. The quantitative estimate of drug-likeness (QED) is 0.764. The van der Waals surface area contributed by atoms with Gasteiger partial charge in [-0.3, -0.25) is 0 Å². The number of benzene rings is 1. The van der Waals surface area contributed by atoms with Crippen LogP contribution in [-0.4, -0.2) is 17.6 Å². The Labute approximate surface area is 83.3 Å². The molecule has 1 atom stereocenters. The Balaban J connectivity index is 3.10. The largest absolute Gasteiger partial charge is 0.390 e. The molecule has 1 rings (SSSR count). The van der Waals surface area contributed by atoms with E-state index in [1.165, 1.54) is 0 Å². The van der Waals surface area contributed by atoms with Crippen LogP contribution in [0.4, 0.5) is 17.6 Å². The van der Waals surface area contributed by atoms with Crippen molar-refractivity contribution in [3.05, 3.63) is 35.4 Å². The summed E-state index contributed by atoms with van der Waals surface area (Å²) in [6.45, 7) is -1.52. The van der Waals surface area contributed by atoms with Gasteiger partial charge < -0.3 is 10.8 Å². The molecule has 6 heteroatoms. The maximum Gasteiger partial charge on any atom is 0.289 e. The van der Waals surface area contributed by atoms with Gasteiger partial charge in [-0.2, -0.15) is 0 Å². The fraction of sp³-hybridized carbons (Fsp3) is 0.333. The molecule has 0 heterocycles. The maximum atomic E-state index is 13.0. The Morgan fingerprint density at radius 2 is 1.93 bits per heavy atom. The molecule has 0 spiro atoms. The van der Waals surface area contributed by atoms with Crippen molar-refractivity contribution in [3.63, 3.8) is 0 Å². The van der Waals surface area contributed by atoms with Gasteiger partial charge in [0.1, 0.15) is 18.2 Å². The van der Waals surface area contributed by atoms with E-state index in [0.717, 1.165) is 6.07 Å². The molecule has 0 bridgehead atoms. The van der Waals surface area contributed by atoms with Crippen LogP contribution in [0.1, 0.15) is 11.6 Å². The lowest BCUT2D eigenvalue weighted by Gasteiger charge is -2.21. The average Bonchev–Trinajstić information content (AvgIpc) is 2.20. The van der Waals surface area contributed by atoms with Gasteiger partial charge in [-0.05, 0) is 18.2 Å². The van der Waals surface area contributed by atoms with Gasteiger partial charge in [-0.1, -0.05) is 0 Å². The van der Waals surface area contributed by atoms with Crippen molar-refractivity contribution in [2.75, 3.05) is 6.61 Å². The molecular weight excluding hydrogens is 214 g/mol. The summed E-state index contributed by atoms with van der Waals surface area (Å²) < 4.78 is 51.5. The standard InChI is InChI=1S/C9H9F4NO/c10-5-1-2-7(11)6(3-5)8(14)9(12,13)4-15/h1-3,8,15H,4,14H2/t8-/m1/s1. The molecule has 0 amide bonds. The Morgan fingerprint density at radius 1 is 1.33 bits per heavy atom. The number of halogens is 4. The second-order valence-electron chi connectivity index (χ2n) is 3.06. The Morgan fingerprint density at radius 3 is 2.47 bits per heavy atom. The third-order valence-electron chi connectivity index (χ3n) is 1.96. The summed E-state index contributed by atoms with van der Waals surface area (Å²) in [5.74, 6) is -5.58. The highest BCUT2D eigenvalue weighted by Crippen LogP contribution is 2.30. The van der Waals surface area contributed by atoms with Crippen molar-refractivity contribution in [1.29, 1.82) is 0 Å². The molecule has 84 valence electrons. The average molecular weight is 223 g/mol.